The SMILES string of the molecule is O=C(CCl)NCCCCCCNC(=O)Nc1ccccc1. The van der Waals surface area contributed by atoms with Crippen molar-refractivity contribution in [2.75, 3.05) is 24.3 Å². The molecule has 0 fully saturated rings. The monoisotopic (exact) mass is 311 g/mol. The molecule has 0 saturated heterocycles. The van der Waals surface area contributed by atoms with Crippen LogP contribution in [0.2, 0.25) is 0 Å². The molecule has 0 atom stereocenters. The lowest BCUT2D eigenvalue weighted by Crippen LogP contribution is -2.29. The maximum absolute atomic E-state index is 11.6. The number of unbranched alkanes of at least 4 members (excludes halogenated alkanes) is 3. The van der Waals surface area contributed by atoms with E-state index in [0.717, 1.165) is 31.4 Å². The Bertz CT molecular complexity index is 426. The molecule has 0 unspecified atom stereocenters. The summed E-state index contributed by atoms with van der Waals surface area (Å²) in [4.78, 5) is 22.4. The first-order chi connectivity index (χ1) is 10.2. The molecule has 0 aliphatic rings. The Hall–Kier alpha value is -1.75. The number of benzene rings is 1. The molecule has 0 aliphatic heterocycles. The van der Waals surface area contributed by atoms with Crippen LogP contribution in [-0.2, 0) is 4.79 Å². The zero-order valence-electron chi connectivity index (χ0n) is 12.0. The molecule has 1 aromatic carbocycles. The van der Waals surface area contributed by atoms with E-state index in [1.807, 2.05) is 30.3 Å². The number of halogens is 1. The second-order valence-corrected chi connectivity index (χ2v) is 4.91. The Balaban J connectivity index is 1.94. The normalized spacial score (nSPS) is 9.95. The van der Waals surface area contributed by atoms with Crippen molar-refractivity contribution >= 4 is 29.2 Å². The maximum Gasteiger partial charge on any atom is 0.319 e. The van der Waals surface area contributed by atoms with Crippen molar-refractivity contribution < 1.29 is 9.59 Å². The zero-order chi connectivity index (χ0) is 15.3. The lowest BCUT2D eigenvalue weighted by atomic mass is 10.2. The molecule has 0 aromatic heterocycles. The first-order valence-electron chi connectivity index (χ1n) is 7.15. The predicted molar refractivity (Wildman–Crippen MR) is 85.7 cm³/mol. The average Bonchev–Trinajstić information content (AvgIpc) is 2.50. The lowest BCUT2D eigenvalue weighted by Gasteiger charge is -2.07. The fraction of sp³-hybridized carbons (Fsp3) is 0.467. The second-order valence-electron chi connectivity index (χ2n) is 4.64. The van der Waals surface area contributed by atoms with Crippen LogP contribution in [0.25, 0.3) is 0 Å². The van der Waals surface area contributed by atoms with Gasteiger partial charge in [0.25, 0.3) is 0 Å². The van der Waals surface area contributed by atoms with Gasteiger partial charge in [0, 0.05) is 18.8 Å². The quantitative estimate of drug-likeness (QED) is 0.485. The van der Waals surface area contributed by atoms with E-state index < -0.39 is 0 Å². The number of carbonyl (C=O) groups excluding carboxylic acids is 2. The standard InChI is InChI=1S/C15H22ClN3O2/c16-12-14(20)17-10-6-1-2-7-11-18-15(21)19-13-8-4-3-5-9-13/h3-5,8-9H,1-2,6-7,10-12H2,(H,17,20)(H2,18,19,21). The summed E-state index contributed by atoms with van der Waals surface area (Å²) in [5.74, 6) is -0.114. The highest BCUT2D eigenvalue weighted by Crippen LogP contribution is 2.04. The molecule has 3 amide bonds. The van der Waals surface area contributed by atoms with E-state index in [1.54, 1.807) is 0 Å². The molecule has 0 spiro atoms. The van der Waals surface area contributed by atoms with E-state index in [9.17, 15) is 9.59 Å². The van der Waals surface area contributed by atoms with Crippen LogP contribution in [0.3, 0.4) is 0 Å². The Morgan fingerprint density at radius 3 is 2.14 bits per heavy atom. The third-order valence-corrected chi connectivity index (χ3v) is 3.11. The average molecular weight is 312 g/mol. The molecule has 1 rings (SSSR count). The number of para-hydroxylation sites is 1. The van der Waals surface area contributed by atoms with Gasteiger partial charge < -0.3 is 16.0 Å². The smallest absolute Gasteiger partial charge is 0.319 e. The third kappa shape index (κ3) is 8.92. The maximum atomic E-state index is 11.6. The number of hydrogen-bond donors (Lipinski definition) is 3. The molecule has 3 N–H and O–H groups in total. The summed E-state index contributed by atoms with van der Waals surface area (Å²) in [6, 6.07) is 9.15. The van der Waals surface area contributed by atoms with Gasteiger partial charge in [0.05, 0.1) is 0 Å². The number of nitrogens with one attached hydrogen (secondary N) is 3. The van der Waals surface area contributed by atoms with Gasteiger partial charge in [-0.25, -0.2) is 4.79 Å². The molecule has 6 heteroatoms. The molecule has 116 valence electrons. The highest BCUT2D eigenvalue weighted by molar-refractivity contribution is 6.27. The number of carbonyl (C=O) groups is 2. The molecule has 0 saturated carbocycles. The van der Waals surface area contributed by atoms with Crippen LogP contribution in [0.4, 0.5) is 10.5 Å². The summed E-state index contributed by atoms with van der Waals surface area (Å²) in [5, 5.41) is 8.29. The summed E-state index contributed by atoms with van der Waals surface area (Å²) in [6.45, 7) is 1.31. The van der Waals surface area contributed by atoms with Gasteiger partial charge in [0.2, 0.25) is 5.91 Å². The van der Waals surface area contributed by atoms with Crippen molar-refractivity contribution in [3.05, 3.63) is 30.3 Å². The van der Waals surface area contributed by atoms with Crippen LogP contribution >= 0.6 is 11.6 Å². The van der Waals surface area contributed by atoms with Crippen molar-refractivity contribution in [1.82, 2.24) is 10.6 Å². The van der Waals surface area contributed by atoms with Crippen molar-refractivity contribution in [1.29, 1.82) is 0 Å². The molecule has 0 heterocycles. The minimum atomic E-state index is -0.185. The van der Waals surface area contributed by atoms with Crippen molar-refractivity contribution in [3.63, 3.8) is 0 Å². The van der Waals surface area contributed by atoms with E-state index in [0.29, 0.717) is 13.1 Å². The third-order valence-electron chi connectivity index (χ3n) is 2.86. The summed E-state index contributed by atoms with van der Waals surface area (Å²) >= 11 is 5.36. The van der Waals surface area contributed by atoms with Crippen molar-refractivity contribution in [2.45, 2.75) is 25.7 Å². The second kappa shape index (κ2) is 11.0. The van der Waals surface area contributed by atoms with Gasteiger partial charge in [0.15, 0.2) is 0 Å². The van der Waals surface area contributed by atoms with Crippen LogP contribution < -0.4 is 16.0 Å². The Labute approximate surface area is 130 Å². The Kier molecular flexibility index (Phi) is 9.04. The summed E-state index contributed by atoms with van der Waals surface area (Å²) in [5.41, 5.74) is 0.782. The fourth-order valence-electron chi connectivity index (χ4n) is 1.78. The van der Waals surface area contributed by atoms with E-state index in [-0.39, 0.29) is 17.8 Å². The van der Waals surface area contributed by atoms with Gasteiger partial charge in [-0.15, -0.1) is 11.6 Å². The molecule has 21 heavy (non-hydrogen) atoms. The van der Waals surface area contributed by atoms with Gasteiger partial charge >= 0.3 is 6.03 Å². The molecule has 1 aromatic rings. The number of rotatable bonds is 9. The Morgan fingerprint density at radius 2 is 1.52 bits per heavy atom. The number of anilines is 1. The molecule has 0 aliphatic carbocycles. The minimum Gasteiger partial charge on any atom is -0.355 e. The van der Waals surface area contributed by atoms with E-state index in [2.05, 4.69) is 16.0 Å². The summed E-state index contributed by atoms with van der Waals surface area (Å²) in [6.07, 6.45) is 3.89. The van der Waals surface area contributed by atoms with Gasteiger partial charge in [-0.3, -0.25) is 4.79 Å². The van der Waals surface area contributed by atoms with Gasteiger partial charge in [0.1, 0.15) is 5.88 Å². The van der Waals surface area contributed by atoms with Crippen LogP contribution in [0.1, 0.15) is 25.7 Å². The van der Waals surface area contributed by atoms with Crippen LogP contribution in [0.15, 0.2) is 30.3 Å². The lowest BCUT2D eigenvalue weighted by molar-refractivity contribution is -0.118. The van der Waals surface area contributed by atoms with Gasteiger partial charge in [-0.05, 0) is 25.0 Å². The molecule has 0 radical (unpaired) electrons. The minimum absolute atomic E-state index is 0.0143. The molecular weight excluding hydrogens is 290 g/mol. The van der Waals surface area contributed by atoms with Gasteiger partial charge in [-0.2, -0.15) is 0 Å². The largest absolute Gasteiger partial charge is 0.355 e. The first-order valence-corrected chi connectivity index (χ1v) is 7.68. The molecule has 5 nitrogen and oxygen atoms in total. The van der Waals surface area contributed by atoms with E-state index in [1.165, 1.54) is 0 Å². The van der Waals surface area contributed by atoms with Crippen molar-refractivity contribution in [3.8, 4) is 0 Å². The zero-order valence-corrected chi connectivity index (χ0v) is 12.8. The Morgan fingerprint density at radius 1 is 0.905 bits per heavy atom. The van der Waals surface area contributed by atoms with Crippen molar-refractivity contribution in [2.24, 2.45) is 0 Å². The van der Waals surface area contributed by atoms with Gasteiger partial charge in [-0.1, -0.05) is 31.0 Å². The topological polar surface area (TPSA) is 70.2 Å². The summed E-state index contributed by atoms with van der Waals surface area (Å²) in [7, 11) is 0. The predicted octanol–water partition coefficient (Wildman–Crippen LogP) is 2.72. The highest BCUT2D eigenvalue weighted by atomic mass is 35.5. The number of urea groups is 1. The summed E-state index contributed by atoms with van der Waals surface area (Å²) < 4.78 is 0. The van der Waals surface area contributed by atoms with Crippen LogP contribution in [-0.4, -0.2) is 30.9 Å². The number of hydrogen-bond acceptors (Lipinski definition) is 2. The van der Waals surface area contributed by atoms with Crippen LogP contribution in [0.5, 0.6) is 0 Å². The molecule has 0 bridgehead atoms. The number of amides is 3. The molecular formula is C15H22ClN3O2. The van der Waals surface area contributed by atoms with E-state index in [4.69, 9.17) is 11.6 Å². The fourth-order valence-corrected chi connectivity index (χ4v) is 1.87. The highest BCUT2D eigenvalue weighted by Gasteiger charge is 2.00. The van der Waals surface area contributed by atoms with Crippen LogP contribution in [0, 0.1) is 0 Å². The number of alkyl halides is 1. The first kappa shape index (κ1) is 17.3. The van der Waals surface area contributed by atoms with E-state index >= 15 is 0 Å².